The van der Waals surface area contributed by atoms with Gasteiger partial charge < -0.3 is 10.5 Å². The van der Waals surface area contributed by atoms with Gasteiger partial charge in [-0.15, -0.1) is 13.2 Å². The summed E-state index contributed by atoms with van der Waals surface area (Å²) < 4.78 is 66.5. The molecule has 0 aliphatic carbocycles. The third-order valence-corrected chi connectivity index (χ3v) is 2.77. The molecule has 0 aliphatic rings. The molecule has 2 nitrogen and oxygen atoms in total. The SMILES string of the molecule is NC(c1ccc(OC(F)(F)F)cc1)c1cc(F)ccc1F. The van der Waals surface area contributed by atoms with E-state index in [1.165, 1.54) is 12.1 Å². The summed E-state index contributed by atoms with van der Waals surface area (Å²) in [6.45, 7) is 0. The van der Waals surface area contributed by atoms with E-state index < -0.39 is 29.8 Å². The van der Waals surface area contributed by atoms with E-state index in [9.17, 15) is 22.0 Å². The third-order valence-electron chi connectivity index (χ3n) is 2.77. The second-order valence-corrected chi connectivity index (χ2v) is 4.26. The normalized spacial score (nSPS) is 13.0. The molecule has 1 unspecified atom stereocenters. The molecule has 21 heavy (non-hydrogen) atoms. The van der Waals surface area contributed by atoms with Crippen LogP contribution in [0.25, 0.3) is 0 Å². The number of hydrogen-bond donors (Lipinski definition) is 1. The summed E-state index contributed by atoms with van der Waals surface area (Å²) in [6.07, 6.45) is -4.79. The molecule has 0 heterocycles. The Balaban J connectivity index is 2.24. The first-order valence-corrected chi connectivity index (χ1v) is 5.82. The number of benzene rings is 2. The Morgan fingerprint density at radius 1 is 0.952 bits per heavy atom. The highest BCUT2D eigenvalue weighted by Gasteiger charge is 2.31. The van der Waals surface area contributed by atoms with Crippen LogP contribution in [0.4, 0.5) is 22.0 Å². The van der Waals surface area contributed by atoms with Crippen molar-refractivity contribution in [2.45, 2.75) is 12.4 Å². The Kier molecular flexibility index (Phi) is 4.13. The molecular formula is C14H10F5NO. The van der Waals surface area contributed by atoms with Crippen LogP contribution in [0.2, 0.25) is 0 Å². The van der Waals surface area contributed by atoms with Crippen LogP contribution in [0.1, 0.15) is 17.2 Å². The summed E-state index contributed by atoms with van der Waals surface area (Å²) in [4.78, 5) is 0. The minimum absolute atomic E-state index is 0.0838. The molecule has 0 spiro atoms. The van der Waals surface area contributed by atoms with Crippen LogP contribution in [0.5, 0.6) is 5.75 Å². The molecule has 0 fully saturated rings. The second-order valence-electron chi connectivity index (χ2n) is 4.26. The third kappa shape index (κ3) is 3.91. The van der Waals surface area contributed by atoms with E-state index in [0.29, 0.717) is 5.56 Å². The molecule has 112 valence electrons. The molecule has 0 bridgehead atoms. The lowest BCUT2D eigenvalue weighted by atomic mass is 9.99. The highest BCUT2D eigenvalue weighted by atomic mass is 19.4. The summed E-state index contributed by atoms with van der Waals surface area (Å²) in [5, 5.41) is 0. The number of nitrogens with two attached hydrogens (primary N) is 1. The van der Waals surface area contributed by atoms with Crippen molar-refractivity contribution in [1.82, 2.24) is 0 Å². The van der Waals surface area contributed by atoms with Gasteiger partial charge in [-0.05, 0) is 35.9 Å². The van der Waals surface area contributed by atoms with Gasteiger partial charge in [-0.3, -0.25) is 0 Å². The zero-order chi connectivity index (χ0) is 15.6. The van der Waals surface area contributed by atoms with E-state index in [1.807, 2.05) is 0 Å². The summed E-state index contributed by atoms with van der Waals surface area (Å²) in [5.74, 6) is -1.77. The Morgan fingerprint density at radius 2 is 1.57 bits per heavy atom. The van der Waals surface area contributed by atoms with Gasteiger partial charge in [0.2, 0.25) is 0 Å². The van der Waals surface area contributed by atoms with Gasteiger partial charge in [-0.1, -0.05) is 12.1 Å². The van der Waals surface area contributed by atoms with Crippen molar-refractivity contribution in [2.24, 2.45) is 5.73 Å². The average molecular weight is 303 g/mol. The van der Waals surface area contributed by atoms with Gasteiger partial charge in [0.25, 0.3) is 0 Å². The predicted molar refractivity (Wildman–Crippen MR) is 65.5 cm³/mol. The predicted octanol–water partition coefficient (Wildman–Crippen LogP) is 3.91. The maximum atomic E-state index is 13.6. The van der Waals surface area contributed by atoms with Crippen LogP contribution < -0.4 is 10.5 Å². The van der Waals surface area contributed by atoms with Crippen molar-refractivity contribution in [3.05, 3.63) is 65.2 Å². The number of halogens is 5. The van der Waals surface area contributed by atoms with Crippen molar-refractivity contribution >= 4 is 0 Å². The standard InChI is InChI=1S/C14H10F5NO/c15-9-3-6-12(16)11(7-9)13(20)8-1-4-10(5-2-8)21-14(17,18)19/h1-7,13H,20H2. The fourth-order valence-corrected chi connectivity index (χ4v) is 1.81. The van der Waals surface area contributed by atoms with Crippen LogP contribution in [0, 0.1) is 11.6 Å². The summed E-state index contributed by atoms with van der Waals surface area (Å²) in [6, 6.07) is 6.46. The van der Waals surface area contributed by atoms with Crippen molar-refractivity contribution in [1.29, 1.82) is 0 Å². The Labute approximate surface area is 116 Å². The Hall–Kier alpha value is -2.15. The summed E-state index contributed by atoms with van der Waals surface area (Å²) in [7, 11) is 0. The molecule has 0 radical (unpaired) electrons. The zero-order valence-electron chi connectivity index (χ0n) is 10.5. The van der Waals surface area contributed by atoms with Gasteiger partial charge in [0, 0.05) is 5.56 Å². The molecule has 0 amide bonds. The maximum absolute atomic E-state index is 13.6. The Bertz CT molecular complexity index is 624. The maximum Gasteiger partial charge on any atom is 0.573 e. The van der Waals surface area contributed by atoms with Crippen molar-refractivity contribution in [3.63, 3.8) is 0 Å². The number of hydrogen-bond acceptors (Lipinski definition) is 2. The van der Waals surface area contributed by atoms with Crippen molar-refractivity contribution in [3.8, 4) is 5.75 Å². The lowest BCUT2D eigenvalue weighted by molar-refractivity contribution is -0.274. The monoisotopic (exact) mass is 303 g/mol. The van der Waals surface area contributed by atoms with Gasteiger partial charge in [-0.2, -0.15) is 0 Å². The first-order chi connectivity index (χ1) is 9.76. The van der Waals surface area contributed by atoms with Crippen molar-refractivity contribution < 1.29 is 26.7 Å². The number of ether oxygens (including phenoxy) is 1. The van der Waals surface area contributed by atoms with Crippen molar-refractivity contribution in [2.75, 3.05) is 0 Å². The minimum atomic E-state index is -4.79. The molecule has 0 aromatic heterocycles. The quantitative estimate of drug-likeness (QED) is 0.873. The number of alkyl halides is 3. The Morgan fingerprint density at radius 3 is 2.14 bits per heavy atom. The van der Waals surface area contributed by atoms with E-state index in [2.05, 4.69) is 4.74 Å². The van der Waals surface area contributed by atoms with Crippen LogP contribution >= 0.6 is 0 Å². The zero-order valence-corrected chi connectivity index (χ0v) is 10.5. The first-order valence-electron chi connectivity index (χ1n) is 5.82. The second kappa shape index (κ2) is 5.69. The van der Waals surface area contributed by atoms with Gasteiger partial charge in [-0.25, -0.2) is 8.78 Å². The molecule has 2 rings (SSSR count). The molecular weight excluding hydrogens is 293 g/mol. The van der Waals surface area contributed by atoms with E-state index in [-0.39, 0.29) is 5.56 Å². The van der Waals surface area contributed by atoms with Gasteiger partial charge in [0.1, 0.15) is 17.4 Å². The molecule has 0 saturated carbocycles. The highest BCUT2D eigenvalue weighted by molar-refractivity contribution is 5.36. The molecule has 2 N–H and O–H groups in total. The number of rotatable bonds is 3. The lowest BCUT2D eigenvalue weighted by Gasteiger charge is -2.15. The molecule has 2 aromatic rings. The van der Waals surface area contributed by atoms with E-state index >= 15 is 0 Å². The van der Waals surface area contributed by atoms with Crippen LogP contribution in [0.15, 0.2) is 42.5 Å². The lowest BCUT2D eigenvalue weighted by Crippen LogP contribution is -2.17. The van der Waals surface area contributed by atoms with E-state index in [0.717, 1.165) is 30.3 Å². The molecule has 7 heteroatoms. The topological polar surface area (TPSA) is 35.2 Å². The van der Waals surface area contributed by atoms with Crippen LogP contribution in [-0.4, -0.2) is 6.36 Å². The van der Waals surface area contributed by atoms with Gasteiger partial charge in [0.15, 0.2) is 0 Å². The molecule has 0 aliphatic heterocycles. The first kappa shape index (κ1) is 15.2. The van der Waals surface area contributed by atoms with E-state index in [4.69, 9.17) is 5.73 Å². The summed E-state index contributed by atoms with van der Waals surface area (Å²) >= 11 is 0. The van der Waals surface area contributed by atoms with Gasteiger partial charge >= 0.3 is 6.36 Å². The minimum Gasteiger partial charge on any atom is -0.406 e. The van der Waals surface area contributed by atoms with Gasteiger partial charge in [0.05, 0.1) is 6.04 Å². The molecule has 0 saturated heterocycles. The van der Waals surface area contributed by atoms with Crippen LogP contribution in [0.3, 0.4) is 0 Å². The highest BCUT2D eigenvalue weighted by Crippen LogP contribution is 2.27. The fourth-order valence-electron chi connectivity index (χ4n) is 1.81. The summed E-state index contributed by atoms with van der Waals surface area (Å²) in [5.41, 5.74) is 6.04. The molecule has 1 atom stereocenters. The average Bonchev–Trinajstić information content (AvgIpc) is 2.40. The smallest absolute Gasteiger partial charge is 0.406 e. The molecule has 2 aromatic carbocycles. The van der Waals surface area contributed by atoms with E-state index in [1.54, 1.807) is 0 Å². The largest absolute Gasteiger partial charge is 0.573 e. The van der Waals surface area contributed by atoms with Crippen LogP contribution in [-0.2, 0) is 0 Å². The fraction of sp³-hybridized carbons (Fsp3) is 0.143.